The number of carbonyl (C=O) groups is 1. The van der Waals surface area contributed by atoms with E-state index in [1.807, 2.05) is 7.05 Å². The van der Waals surface area contributed by atoms with Crippen molar-refractivity contribution >= 4 is 28.3 Å². The van der Waals surface area contributed by atoms with Gasteiger partial charge < -0.3 is 10.2 Å². The lowest BCUT2D eigenvalue weighted by Gasteiger charge is -2.18. The van der Waals surface area contributed by atoms with Crippen LogP contribution in [0.4, 0.5) is 0 Å². The van der Waals surface area contributed by atoms with Crippen molar-refractivity contribution in [2.75, 3.05) is 26.7 Å². The van der Waals surface area contributed by atoms with E-state index in [0.29, 0.717) is 30.1 Å². The van der Waals surface area contributed by atoms with Gasteiger partial charge in [-0.3, -0.25) is 4.79 Å². The number of nitrogens with one attached hydrogen (secondary N) is 1. The van der Waals surface area contributed by atoms with Crippen LogP contribution in [0.3, 0.4) is 0 Å². The third-order valence-electron chi connectivity index (χ3n) is 4.24. The number of carbonyl (C=O) groups excluding carboxylic acids is 1. The molecule has 23 heavy (non-hydrogen) atoms. The van der Waals surface area contributed by atoms with E-state index >= 15 is 0 Å². The molecule has 0 radical (unpaired) electrons. The van der Waals surface area contributed by atoms with E-state index in [2.05, 4.69) is 5.32 Å². The van der Waals surface area contributed by atoms with E-state index in [9.17, 15) is 13.2 Å². The molecule has 8 heteroatoms. The zero-order valence-electron chi connectivity index (χ0n) is 13.6. The first-order valence-electron chi connectivity index (χ1n) is 7.32. The van der Waals surface area contributed by atoms with Gasteiger partial charge in [0.1, 0.15) is 0 Å². The van der Waals surface area contributed by atoms with E-state index < -0.39 is 10.0 Å². The lowest BCUT2D eigenvalue weighted by atomic mass is 10.1. The minimum absolute atomic E-state index is 0. The number of sulfonamides is 1. The second-order valence-corrected chi connectivity index (χ2v) is 7.45. The molecule has 1 unspecified atom stereocenters. The fourth-order valence-corrected chi connectivity index (χ4v) is 3.78. The van der Waals surface area contributed by atoms with Crippen LogP contribution in [0, 0.1) is 19.8 Å². The van der Waals surface area contributed by atoms with Crippen molar-refractivity contribution in [3.8, 4) is 0 Å². The molecule has 1 aromatic carbocycles. The largest absolute Gasteiger partial charge is 0.338 e. The van der Waals surface area contributed by atoms with Gasteiger partial charge >= 0.3 is 0 Å². The normalized spacial score (nSPS) is 17.9. The minimum atomic E-state index is -3.84. The van der Waals surface area contributed by atoms with Crippen LogP contribution in [0.1, 0.15) is 27.9 Å². The summed E-state index contributed by atoms with van der Waals surface area (Å²) in [5.74, 6) is 0.310. The Labute approximate surface area is 143 Å². The summed E-state index contributed by atoms with van der Waals surface area (Å²) in [6, 6.07) is 3.13. The van der Waals surface area contributed by atoms with Crippen molar-refractivity contribution < 1.29 is 13.2 Å². The first-order chi connectivity index (χ1) is 10.2. The Balaban J connectivity index is 0.00000264. The van der Waals surface area contributed by atoms with Gasteiger partial charge in [0.2, 0.25) is 10.0 Å². The average Bonchev–Trinajstić information content (AvgIpc) is 2.88. The molecule has 0 aliphatic carbocycles. The summed E-state index contributed by atoms with van der Waals surface area (Å²) in [6.07, 6.45) is 0.958. The molecule has 6 nitrogen and oxygen atoms in total. The van der Waals surface area contributed by atoms with Crippen molar-refractivity contribution in [1.82, 2.24) is 10.2 Å². The van der Waals surface area contributed by atoms with Gasteiger partial charge in [-0.1, -0.05) is 0 Å². The molecule has 1 atom stereocenters. The zero-order chi connectivity index (χ0) is 16.5. The van der Waals surface area contributed by atoms with Crippen molar-refractivity contribution in [2.24, 2.45) is 11.1 Å². The van der Waals surface area contributed by atoms with Gasteiger partial charge in [0.05, 0.1) is 4.90 Å². The maximum absolute atomic E-state index is 12.6. The molecule has 1 fully saturated rings. The number of primary sulfonamides is 1. The molecule has 0 spiro atoms. The Hall–Kier alpha value is -1.15. The van der Waals surface area contributed by atoms with Crippen LogP contribution in [0.2, 0.25) is 0 Å². The van der Waals surface area contributed by atoms with Gasteiger partial charge in [-0.2, -0.15) is 0 Å². The Morgan fingerprint density at radius 3 is 2.61 bits per heavy atom. The molecule has 1 heterocycles. The predicted octanol–water partition coefficient (Wildman–Crippen LogP) is 1.05. The second kappa shape index (κ2) is 7.61. The number of nitrogens with two attached hydrogens (primary N) is 1. The van der Waals surface area contributed by atoms with Crippen LogP contribution in [-0.2, 0) is 10.0 Å². The van der Waals surface area contributed by atoms with Crippen LogP contribution in [0.5, 0.6) is 0 Å². The summed E-state index contributed by atoms with van der Waals surface area (Å²) < 4.78 is 23.4. The van der Waals surface area contributed by atoms with Gasteiger partial charge in [0, 0.05) is 18.7 Å². The van der Waals surface area contributed by atoms with Gasteiger partial charge in [0.25, 0.3) is 5.91 Å². The lowest BCUT2D eigenvalue weighted by Crippen LogP contribution is -2.30. The third kappa shape index (κ3) is 4.44. The first kappa shape index (κ1) is 19.9. The number of likely N-dealkylation sites (tertiary alicyclic amines) is 1. The number of rotatable bonds is 4. The van der Waals surface area contributed by atoms with Crippen LogP contribution in [-0.4, -0.2) is 45.9 Å². The second-order valence-electron chi connectivity index (χ2n) is 5.92. The monoisotopic (exact) mass is 361 g/mol. The molecule has 1 aromatic rings. The highest BCUT2D eigenvalue weighted by atomic mass is 35.5. The lowest BCUT2D eigenvalue weighted by molar-refractivity contribution is 0.0787. The van der Waals surface area contributed by atoms with E-state index in [1.54, 1.807) is 24.8 Å². The smallest absolute Gasteiger partial charge is 0.253 e. The van der Waals surface area contributed by atoms with Crippen LogP contribution < -0.4 is 10.5 Å². The number of halogens is 1. The van der Waals surface area contributed by atoms with E-state index in [4.69, 9.17) is 5.14 Å². The molecular weight excluding hydrogens is 338 g/mol. The number of nitrogens with zero attached hydrogens (tertiary/aromatic N) is 1. The van der Waals surface area contributed by atoms with Gasteiger partial charge in [-0.25, -0.2) is 13.6 Å². The van der Waals surface area contributed by atoms with E-state index in [-0.39, 0.29) is 23.2 Å². The van der Waals surface area contributed by atoms with E-state index in [1.165, 1.54) is 6.07 Å². The zero-order valence-corrected chi connectivity index (χ0v) is 15.3. The van der Waals surface area contributed by atoms with Gasteiger partial charge in [-0.05, 0) is 63.0 Å². The average molecular weight is 362 g/mol. The first-order valence-corrected chi connectivity index (χ1v) is 8.86. The SMILES string of the molecule is CNCC1CCN(C(=O)c2cc(C)c(C)c(S(N)(=O)=O)c2)C1.Cl. The fourth-order valence-electron chi connectivity index (χ4n) is 2.90. The van der Waals surface area contributed by atoms with E-state index in [0.717, 1.165) is 18.5 Å². The molecule has 0 bridgehead atoms. The number of benzene rings is 1. The quantitative estimate of drug-likeness (QED) is 0.838. The fraction of sp³-hybridized carbons (Fsp3) is 0.533. The van der Waals surface area contributed by atoms with Crippen molar-refractivity contribution in [3.05, 3.63) is 28.8 Å². The summed E-state index contributed by atoms with van der Waals surface area (Å²) in [6.45, 7) is 5.75. The number of hydrogen-bond acceptors (Lipinski definition) is 4. The summed E-state index contributed by atoms with van der Waals surface area (Å²) in [4.78, 5) is 14.4. The molecule has 2 rings (SSSR count). The molecule has 1 aliphatic heterocycles. The summed E-state index contributed by atoms with van der Waals surface area (Å²) in [7, 11) is -1.94. The van der Waals surface area contributed by atoms with Crippen molar-refractivity contribution in [2.45, 2.75) is 25.2 Å². The highest BCUT2D eigenvalue weighted by Gasteiger charge is 2.27. The summed E-state index contributed by atoms with van der Waals surface area (Å²) >= 11 is 0. The highest BCUT2D eigenvalue weighted by molar-refractivity contribution is 7.89. The summed E-state index contributed by atoms with van der Waals surface area (Å²) in [5, 5.41) is 8.37. The van der Waals surface area contributed by atoms with Crippen molar-refractivity contribution in [3.63, 3.8) is 0 Å². The van der Waals surface area contributed by atoms with Gasteiger partial charge in [0.15, 0.2) is 0 Å². The van der Waals surface area contributed by atoms with Gasteiger partial charge in [-0.15, -0.1) is 12.4 Å². The molecule has 0 aromatic heterocycles. The number of hydrogen-bond donors (Lipinski definition) is 2. The molecule has 1 saturated heterocycles. The van der Waals surface area contributed by atoms with Crippen LogP contribution in [0.25, 0.3) is 0 Å². The molecule has 130 valence electrons. The Morgan fingerprint density at radius 1 is 1.39 bits per heavy atom. The topological polar surface area (TPSA) is 92.5 Å². The number of amides is 1. The molecule has 3 N–H and O–H groups in total. The molecule has 0 saturated carbocycles. The maximum atomic E-state index is 12.6. The minimum Gasteiger partial charge on any atom is -0.338 e. The summed E-state index contributed by atoms with van der Waals surface area (Å²) in [5.41, 5.74) is 1.73. The molecule has 1 aliphatic rings. The standard InChI is InChI=1S/C15H23N3O3S.ClH/c1-10-6-13(7-14(11(10)2)22(16,20)21)15(19)18-5-4-12(9-18)8-17-3;/h6-7,12,17H,4-5,8-9H2,1-3H3,(H2,16,20,21);1H. The number of aryl methyl sites for hydroxylation is 1. The van der Waals surface area contributed by atoms with Crippen molar-refractivity contribution in [1.29, 1.82) is 0 Å². The third-order valence-corrected chi connectivity index (χ3v) is 5.28. The Kier molecular flexibility index (Phi) is 6.59. The highest BCUT2D eigenvalue weighted by Crippen LogP contribution is 2.23. The maximum Gasteiger partial charge on any atom is 0.253 e. The van der Waals surface area contributed by atoms with Crippen LogP contribution in [0.15, 0.2) is 17.0 Å². The molecular formula is C15H24ClN3O3S. The van der Waals surface area contributed by atoms with Crippen LogP contribution >= 0.6 is 12.4 Å². The predicted molar refractivity (Wildman–Crippen MR) is 92.5 cm³/mol. The Morgan fingerprint density at radius 2 is 2.04 bits per heavy atom. The Bertz CT molecular complexity index is 691. The molecule has 1 amide bonds.